The van der Waals surface area contributed by atoms with Gasteiger partial charge in [-0.2, -0.15) is 13.2 Å². The van der Waals surface area contributed by atoms with E-state index in [-0.39, 0.29) is 17.7 Å². The lowest BCUT2D eigenvalue weighted by Gasteiger charge is -2.11. The summed E-state index contributed by atoms with van der Waals surface area (Å²) in [5.41, 5.74) is -1.35. The third kappa shape index (κ3) is 4.01. The number of halogens is 4. The predicted molar refractivity (Wildman–Crippen MR) is 80.3 cm³/mol. The second kappa shape index (κ2) is 6.57. The van der Waals surface area contributed by atoms with Gasteiger partial charge in [-0.15, -0.1) is 0 Å². The van der Waals surface area contributed by atoms with Crippen LogP contribution >= 0.6 is 15.9 Å². The van der Waals surface area contributed by atoms with Crippen LogP contribution in [0, 0.1) is 0 Å². The van der Waals surface area contributed by atoms with Gasteiger partial charge in [-0.25, -0.2) is 4.79 Å². The zero-order chi connectivity index (χ0) is 17.2. The van der Waals surface area contributed by atoms with E-state index in [4.69, 9.17) is 0 Å². The summed E-state index contributed by atoms with van der Waals surface area (Å²) in [6, 6.07) is 5.96. The molecule has 0 atom stereocenters. The maximum absolute atomic E-state index is 12.7. The van der Waals surface area contributed by atoms with Crippen molar-refractivity contribution in [1.29, 1.82) is 0 Å². The Balaban J connectivity index is 2.43. The Morgan fingerprint density at radius 2 is 2.00 bits per heavy atom. The molecule has 0 unspecified atom stereocenters. The van der Waals surface area contributed by atoms with Crippen LogP contribution in [0.15, 0.2) is 45.8 Å². The molecule has 0 radical (unpaired) electrons. The highest BCUT2D eigenvalue weighted by molar-refractivity contribution is 9.10. The highest BCUT2D eigenvalue weighted by Gasteiger charge is 2.30. The Bertz CT molecular complexity index is 799. The Hall–Kier alpha value is -2.09. The smallest absolute Gasteiger partial charge is 0.416 e. The van der Waals surface area contributed by atoms with Crippen LogP contribution in [-0.2, 0) is 17.5 Å². The van der Waals surface area contributed by atoms with Crippen LogP contribution < -0.4 is 5.56 Å². The molecule has 0 saturated heterocycles. The number of carbonyl (C=O) groups is 1. The molecule has 0 aliphatic carbocycles. The number of aromatic nitrogens is 1. The quantitative estimate of drug-likeness (QED) is 0.755. The maximum Gasteiger partial charge on any atom is 0.416 e. The van der Waals surface area contributed by atoms with Gasteiger partial charge in [-0.1, -0.05) is 12.1 Å². The largest absolute Gasteiger partial charge is 0.465 e. The van der Waals surface area contributed by atoms with Crippen molar-refractivity contribution < 1.29 is 22.7 Å². The highest BCUT2D eigenvalue weighted by Crippen LogP contribution is 2.29. The first-order valence-corrected chi connectivity index (χ1v) is 7.16. The zero-order valence-electron chi connectivity index (χ0n) is 11.9. The number of esters is 1. The Kier molecular flexibility index (Phi) is 4.93. The van der Waals surface area contributed by atoms with Gasteiger partial charge in [0.15, 0.2) is 0 Å². The first-order chi connectivity index (χ1) is 10.7. The third-order valence-corrected chi connectivity index (χ3v) is 3.50. The van der Waals surface area contributed by atoms with Crippen molar-refractivity contribution in [2.24, 2.45) is 0 Å². The minimum atomic E-state index is -4.46. The molecule has 2 aromatic rings. The fraction of sp³-hybridized carbons (Fsp3) is 0.200. The van der Waals surface area contributed by atoms with Gasteiger partial charge in [0.05, 0.1) is 19.2 Å². The topological polar surface area (TPSA) is 48.3 Å². The van der Waals surface area contributed by atoms with Crippen molar-refractivity contribution in [2.75, 3.05) is 7.11 Å². The van der Waals surface area contributed by atoms with Crippen LogP contribution in [-0.4, -0.2) is 17.6 Å². The minimum Gasteiger partial charge on any atom is -0.465 e. The molecule has 2 rings (SSSR count). The Morgan fingerprint density at radius 3 is 2.61 bits per heavy atom. The van der Waals surface area contributed by atoms with E-state index in [2.05, 4.69) is 20.7 Å². The summed E-state index contributed by atoms with van der Waals surface area (Å²) >= 11 is 3.16. The molecule has 1 heterocycles. The number of ether oxygens (including phenoxy) is 1. The van der Waals surface area contributed by atoms with Crippen LogP contribution in [0.2, 0.25) is 0 Å². The summed E-state index contributed by atoms with van der Waals surface area (Å²) < 4.78 is 44.3. The van der Waals surface area contributed by atoms with Gasteiger partial charge in [0, 0.05) is 10.7 Å². The summed E-state index contributed by atoms with van der Waals surface area (Å²) in [6.45, 7) is -0.105. The van der Waals surface area contributed by atoms with Crippen molar-refractivity contribution in [3.8, 4) is 0 Å². The van der Waals surface area contributed by atoms with E-state index in [1.165, 1.54) is 24.4 Å². The molecular formula is C15H11BrF3NO3. The maximum atomic E-state index is 12.7. The Morgan fingerprint density at radius 1 is 1.30 bits per heavy atom. The number of rotatable bonds is 3. The van der Waals surface area contributed by atoms with Gasteiger partial charge in [-0.05, 0) is 39.7 Å². The van der Waals surface area contributed by atoms with Crippen molar-refractivity contribution >= 4 is 21.9 Å². The van der Waals surface area contributed by atoms with Crippen molar-refractivity contribution in [3.05, 3.63) is 68.0 Å². The summed E-state index contributed by atoms with van der Waals surface area (Å²) in [7, 11) is 1.14. The highest BCUT2D eigenvalue weighted by atomic mass is 79.9. The molecule has 4 nitrogen and oxygen atoms in total. The Labute approximate surface area is 137 Å². The molecule has 0 saturated carbocycles. The molecule has 1 aromatic carbocycles. The number of hydrogen-bond acceptors (Lipinski definition) is 3. The fourth-order valence-corrected chi connectivity index (χ4v) is 2.49. The van der Waals surface area contributed by atoms with E-state index in [0.29, 0.717) is 4.47 Å². The van der Waals surface area contributed by atoms with E-state index in [9.17, 15) is 22.8 Å². The van der Waals surface area contributed by atoms with E-state index >= 15 is 0 Å². The van der Waals surface area contributed by atoms with Crippen molar-refractivity contribution in [1.82, 2.24) is 4.57 Å². The normalized spacial score (nSPS) is 11.3. The van der Waals surface area contributed by atoms with Gasteiger partial charge in [0.25, 0.3) is 5.56 Å². The van der Waals surface area contributed by atoms with E-state index < -0.39 is 23.3 Å². The number of methoxy groups -OCH3 is 1. The van der Waals surface area contributed by atoms with Crippen LogP contribution in [0.5, 0.6) is 0 Å². The number of carbonyl (C=O) groups excluding carboxylic acids is 1. The standard InChI is InChI=1S/C15H11BrF3NO3/c1-23-14(22)12-6-11(16)8-20(13(12)21)7-9-3-2-4-10(5-9)15(17,18)19/h2-6,8H,7H2,1H3. The van der Waals surface area contributed by atoms with Crippen LogP contribution in [0.3, 0.4) is 0 Å². The van der Waals surface area contributed by atoms with Gasteiger partial charge in [0.2, 0.25) is 0 Å². The van der Waals surface area contributed by atoms with Gasteiger partial charge >= 0.3 is 12.1 Å². The number of benzene rings is 1. The average molecular weight is 390 g/mol. The number of hydrogen-bond donors (Lipinski definition) is 0. The molecule has 0 fully saturated rings. The average Bonchev–Trinajstić information content (AvgIpc) is 2.49. The lowest BCUT2D eigenvalue weighted by Crippen LogP contribution is -2.27. The minimum absolute atomic E-state index is 0.105. The molecule has 0 amide bonds. The van der Waals surface area contributed by atoms with Crippen LogP contribution in [0.25, 0.3) is 0 Å². The lowest BCUT2D eigenvalue weighted by atomic mass is 10.1. The SMILES string of the molecule is COC(=O)c1cc(Br)cn(Cc2cccc(C(F)(F)F)c2)c1=O. The molecule has 0 aliphatic rings. The van der Waals surface area contributed by atoms with Crippen molar-refractivity contribution in [3.63, 3.8) is 0 Å². The van der Waals surface area contributed by atoms with Gasteiger partial charge < -0.3 is 9.30 Å². The second-order valence-corrected chi connectivity index (χ2v) is 5.61. The van der Waals surface area contributed by atoms with E-state index in [1.807, 2.05) is 0 Å². The second-order valence-electron chi connectivity index (χ2n) is 4.69. The van der Waals surface area contributed by atoms with Gasteiger partial charge in [0.1, 0.15) is 5.56 Å². The first kappa shape index (κ1) is 17.3. The monoisotopic (exact) mass is 389 g/mol. The fourth-order valence-electron chi connectivity index (χ4n) is 2.02. The lowest BCUT2D eigenvalue weighted by molar-refractivity contribution is -0.137. The van der Waals surface area contributed by atoms with Crippen molar-refractivity contribution in [2.45, 2.75) is 12.7 Å². The molecule has 23 heavy (non-hydrogen) atoms. The summed E-state index contributed by atoms with van der Waals surface area (Å²) in [6.07, 6.45) is -3.07. The predicted octanol–water partition coefficient (Wildman–Crippen LogP) is 3.46. The molecule has 0 bridgehead atoms. The number of pyridine rings is 1. The third-order valence-electron chi connectivity index (χ3n) is 3.07. The summed E-state index contributed by atoms with van der Waals surface area (Å²) in [5.74, 6) is -0.811. The number of nitrogens with zero attached hydrogens (tertiary/aromatic N) is 1. The molecule has 0 aliphatic heterocycles. The van der Waals surface area contributed by atoms with E-state index in [0.717, 1.165) is 23.8 Å². The molecule has 0 spiro atoms. The zero-order valence-corrected chi connectivity index (χ0v) is 13.4. The van der Waals surface area contributed by atoms with E-state index in [1.54, 1.807) is 0 Å². The van der Waals surface area contributed by atoms with Gasteiger partial charge in [-0.3, -0.25) is 4.79 Å². The molecule has 122 valence electrons. The molecule has 1 aromatic heterocycles. The summed E-state index contributed by atoms with van der Waals surface area (Å²) in [5, 5.41) is 0. The van der Waals surface area contributed by atoms with Crippen LogP contribution in [0.4, 0.5) is 13.2 Å². The van der Waals surface area contributed by atoms with Crippen LogP contribution in [0.1, 0.15) is 21.5 Å². The molecule has 8 heteroatoms. The number of alkyl halides is 3. The summed E-state index contributed by atoms with van der Waals surface area (Å²) in [4.78, 5) is 23.8. The molecule has 0 N–H and O–H groups in total. The molecular weight excluding hydrogens is 379 g/mol. The first-order valence-electron chi connectivity index (χ1n) is 6.37.